The third-order valence-corrected chi connectivity index (χ3v) is 25.3. The molecule has 688 valence electrons. The van der Waals surface area contributed by atoms with Gasteiger partial charge in [0.05, 0.1) is 28.2 Å². The predicted octanol–water partition coefficient (Wildman–Crippen LogP) is 30.0. The molecule has 0 saturated carbocycles. The van der Waals surface area contributed by atoms with E-state index in [4.69, 9.17) is 4.99 Å². The van der Waals surface area contributed by atoms with Crippen molar-refractivity contribution in [1.29, 1.82) is 0 Å². The van der Waals surface area contributed by atoms with Crippen molar-refractivity contribution < 1.29 is 41.0 Å². The third-order valence-electron chi connectivity index (χ3n) is 25.3. The van der Waals surface area contributed by atoms with Crippen molar-refractivity contribution in [1.82, 2.24) is 24.9 Å². The van der Waals surface area contributed by atoms with Crippen molar-refractivity contribution in [3.63, 3.8) is 0 Å². The number of carbonyl (C=O) groups excluding carboxylic acids is 2. The molecule has 0 bridgehead atoms. The second-order valence-corrected chi connectivity index (χ2v) is 37.2. The number of aliphatic hydroxyl groups excluding tert-OH is 1. The van der Waals surface area contributed by atoms with E-state index in [9.17, 15) is 41.0 Å². The minimum atomic E-state index is -4.50. The number of rotatable bonds is 12. The van der Waals surface area contributed by atoms with Gasteiger partial charge in [-0.3, -0.25) is 39.5 Å². The van der Waals surface area contributed by atoms with E-state index in [1.807, 2.05) is 116 Å². The van der Waals surface area contributed by atoms with E-state index in [1.165, 1.54) is 148 Å². The largest absolute Gasteiger partial charge is 0.416 e. The van der Waals surface area contributed by atoms with Crippen LogP contribution in [0.1, 0.15) is 222 Å². The third kappa shape index (κ3) is 24.4. The highest BCUT2D eigenvalue weighted by Gasteiger charge is 2.33. The Morgan fingerprint density at radius 1 is 0.304 bits per heavy atom. The van der Waals surface area contributed by atoms with Gasteiger partial charge in [0.25, 0.3) is 0 Å². The van der Waals surface area contributed by atoms with Gasteiger partial charge in [-0.15, -0.1) is 0 Å². The molecule has 0 aliphatic carbocycles. The summed E-state index contributed by atoms with van der Waals surface area (Å²) in [4.78, 5) is 52.6. The van der Waals surface area contributed by atoms with Crippen molar-refractivity contribution in [2.75, 3.05) is 6.54 Å². The maximum atomic E-state index is 13.0. The number of aromatic nitrogens is 5. The number of aryl methyl sites for hydroxylation is 22. The average Bonchev–Trinajstić information content (AvgIpc) is 0.609. The molecule has 17 aromatic rings. The van der Waals surface area contributed by atoms with Gasteiger partial charge in [-0.2, -0.15) is 26.3 Å². The van der Waals surface area contributed by atoms with Crippen LogP contribution >= 0.6 is 0 Å². The zero-order chi connectivity index (χ0) is 97.5. The molecule has 135 heavy (non-hydrogen) atoms. The zero-order valence-electron chi connectivity index (χ0n) is 81.4. The van der Waals surface area contributed by atoms with Gasteiger partial charge < -0.3 is 5.11 Å². The highest BCUT2D eigenvalue weighted by molar-refractivity contribution is 6.16. The van der Waals surface area contributed by atoms with E-state index in [0.717, 1.165) is 132 Å². The van der Waals surface area contributed by atoms with Gasteiger partial charge in [-0.05, 0) is 401 Å². The molecule has 6 heterocycles. The highest BCUT2D eigenvalue weighted by atomic mass is 19.4. The van der Waals surface area contributed by atoms with Gasteiger partial charge in [-0.1, -0.05) is 153 Å². The standard InChI is InChI=1S/C20H16F3NO.C20H18F3N.C20H21NO.C20H19NO.C20H23N.C20H21N/c1-11-6-15(10-16(7-11)20(21,22)23)19(25)18-17-9-13(3)12(2)8-14(17)4-5-24-18;1-12-6-15(10-17(7-12)20(21,22)23)11-19-18-9-14(3)13(2)8-16(18)4-5-24-19;2*1-12-7-13(2)9-17(8-12)20(22)19-18-11-15(4)14(3)10-16(18)5-6-21-19;2*1-13-7-14(2)9-17(8-13)12-20-19-11-16(4)15(3)10-18(19)5-6-21-20/h4-10H,1-3H3;4-10H,11H2,1-3H3;5-11,20,22H,1-4H3;5-11H,1-4H3;7-11H,5-6,12H2,1-4H3;5-11H,12H2,1-4H3. The summed E-state index contributed by atoms with van der Waals surface area (Å²) >= 11 is 0. The number of benzene rings is 12. The first-order valence-corrected chi connectivity index (χ1v) is 45.7. The van der Waals surface area contributed by atoms with E-state index < -0.39 is 35.4 Å². The van der Waals surface area contributed by atoms with Crippen LogP contribution in [0.2, 0.25) is 0 Å². The Morgan fingerprint density at radius 2 is 0.600 bits per heavy atom. The first-order chi connectivity index (χ1) is 63.9. The van der Waals surface area contributed by atoms with Gasteiger partial charge in [0.15, 0.2) is 0 Å². The minimum absolute atomic E-state index is 0.00875. The summed E-state index contributed by atoms with van der Waals surface area (Å²) in [6.07, 6.45) is 2.39. The van der Waals surface area contributed by atoms with Crippen LogP contribution in [0.3, 0.4) is 0 Å². The van der Waals surface area contributed by atoms with Crippen molar-refractivity contribution >= 4 is 71.1 Å². The highest BCUT2D eigenvalue weighted by Crippen LogP contribution is 2.37. The summed E-state index contributed by atoms with van der Waals surface area (Å²) in [7, 11) is 0. The van der Waals surface area contributed by atoms with Crippen LogP contribution in [0.25, 0.3) is 53.9 Å². The van der Waals surface area contributed by atoms with Crippen LogP contribution in [-0.4, -0.2) is 53.8 Å². The fourth-order valence-electron chi connectivity index (χ4n) is 18.0. The molecule has 1 atom stereocenters. The SMILES string of the molecule is Cc1cc(C(=O)c2nccc3cc(C)c(C)cc23)cc(C(F)(F)F)c1.Cc1cc(C)cc(C(=O)c2nccc3cc(C)c(C)cc23)c1.Cc1cc(C)cc(C(O)c2nccc3cc(C)c(C)cc23)c1.Cc1cc(C)cc(CC2=NCCc3cc(C)c(C)cc32)c1.Cc1cc(C)cc(Cc2nccc3cc(C)c(C)cc23)c1.Cc1cc(Cc2nccc3cc(C)c(C)cc23)cc(C(F)(F)F)c1. The second-order valence-electron chi connectivity index (χ2n) is 37.2. The molecule has 5 aromatic heterocycles. The molecule has 1 aliphatic rings. The molecule has 0 amide bonds. The zero-order valence-corrected chi connectivity index (χ0v) is 81.4. The Morgan fingerprint density at radius 3 is 1.01 bits per heavy atom. The molecule has 0 radical (unpaired) electrons. The lowest BCUT2D eigenvalue weighted by Crippen LogP contribution is -2.16. The quantitative estimate of drug-likeness (QED) is 0.0945. The number of pyridine rings is 5. The molecule has 9 nitrogen and oxygen atoms in total. The van der Waals surface area contributed by atoms with Crippen LogP contribution in [-0.2, 0) is 38.0 Å². The molecule has 0 fully saturated rings. The van der Waals surface area contributed by atoms with Crippen molar-refractivity contribution in [2.45, 2.75) is 196 Å². The van der Waals surface area contributed by atoms with E-state index in [-0.39, 0.29) is 17.0 Å². The molecular formula is C120H118F6N6O3. The van der Waals surface area contributed by atoms with Crippen LogP contribution in [0.15, 0.2) is 248 Å². The number of fused-ring (bicyclic) bond motifs is 6. The second kappa shape index (κ2) is 41.8. The summed E-state index contributed by atoms with van der Waals surface area (Å²) in [5.41, 5.74) is 36.5. The van der Waals surface area contributed by atoms with Crippen LogP contribution < -0.4 is 0 Å². The van der Waals surface area contributed by atoms with Crippen LogP contribution in [0, 0.1) is 152 Å². The van der Waals surface area contributed by atoms with Crippen molar-refractivity contribution in [3.8, 4) is 0 Å². The molecule has 12 aromatic carbocycles. The summed E-state index contributed by atoms with van der Waals surface area (Å²) < 4.78 is 78.2. The first kappa shape index (κ1) is 98.7. The molecular weight excluding hydrogens is 1690 g/mol. The maximum absolute atomic E-state index is 13.0. The lowest BCUT2D eigenvalue weighted by Gasteiger charge is -2.19. The van der Waals surface area contributed by atoms with Gasteiger partial charge in [0.1, 0.15) is 17.5 Å². The molecule has 0 saturated heterocycles. The predicted molar refractivity (Wildman–Crippen MR) is 543 cm³/mol. The normalized spacial score (nSPS) is 12.0. The summed E-state index contributed by atoms with van der Waals surface area (Å²) in [5.74, 6) is -0.524. The Bertz CT molecular complexity index is 7380. The minimum Gasteiger partial charge on any atom is -0.382 e. The molecule has 1 aliphatic heterocycles. The van der Waals surface area contributed by atoms with Gasteiger partial charge in [0.2, 0.25) is 11.6 Å². The van der Waals surface area contributed by atoms with E-state index >= 15 is 0 Å². The summed E-state index contributed by atoms with van der Waals surface area (Å²) in [6, 6.07) is 68.6. The number of nitrogens with zero attached hydrogens (tertiary/aromatic N) is 6. The van der Waals surface area contributed by atoms with E-state index in [2.05, 4.69) is 223 Å². The van der Waals surface area contributed by atoms with Crippen LogP contribution in [0.5, 0.6) is 0 Å². The fourth-order valence-corrected chi connectivity index (χ4v) is 18.0. The molecule has 18 rings (SSSR count). The average molecular weight is 1810 g/mol. The monoisotopic (exact) mass is 1800 g/mol. The number of aliphatic imine (C=N–C) groups is 1. The van der Waals surface area contributed by atoms with Crippen molar-refractivity contribution in [2.24, 2.45) is 4.99 Å². The Hall–Kier alpha value is -13.8. The van der Waals surface area contributed by atoms with Gasteiger partial charge in [-0.25, -0.2) is 0 Å². The number of carbonyl (C=O) groups is 2. The fraction of sp³-hybridized carbons (Fsp3) is 0.250. The number of hydrogen-bond donors (Lipinski definition) is 1. The Balaban J connectivity index is 0.000000137. The van der Waals surface area contributed by atoms with Crippen LogP contribution in [0.4, 0.5) is 26.3 Å². The van der Waals surface area contributed by atoms with E-state index in [0.29, 0.717) is 39.8 Å². The lowest BCUT2D eigenvalue weighted by molar-refractivity contribution is -0.138. The van der Waals surface area contributed by atoms with E-state index in [1.54, 1.807) is 37.6 Å². The maximum Gasteiger partial charge on any atom is 0.416 e. The molecule has 0 spiro atoms. The molecule has 1 unspecified atom stereocenters. The smallest absolute Gasteiger partial charge is 0.382 e. The topological polar surface area (TPSA) is 131 Å². The number of hydrogen-bond acceptors (Lipinski definition) is 9. The Kier molecular flexibility index (Phi) is 30.6. The number of ketones is 2. The molecule has 15 heteroatoms. The Labute approximate surface area is 790 Å². The van der Waals surface area contributed by atoms with Gasteiger partial charge in [0, 0.05) is 101 Å². The lowest BCUT2D eigenvalue weighted by atomic mass is 9.90. The summed E-state index contributed by atoms with van der Waals surface area (Å²) in [5, 5.41) is 21.1. The summed E-state index contributed by atoms with van der Waals surface area (Å²) in [6.45, 7) is 45.9. The molecule has 1 N–H and O–H groups in total. The number of aliphatic hydroxyl groups is 1. The van der Waals surface area contributed by atoms with Crippen molar-refractivity contribution in [3.05, 3.63) is 450 Å². The first-order valence-electron chi connectivity index (χ1n) is 45.7. The number of halogens is 6. The number of alkyl halides is 6. The van der Waals surface area contributed by atoms with Gasteiger partial charge >= 0.3 is 12.4 Å².